The highest BCUT2D eigenvalue weighted by Crippen LogP contribution is 2.23. The van der Waals surface area contributed by atoms with E-state index in [1.54, 1.807) is 11.1 Å². The lowest BCUT2D eigenvalue weighted by Gasteiger charge is -2.37. The molecule has 0 radical (unpaired) electrons. The second-order valence-electron chi connectivity index (χ2n) is 8.81. The minimum absolute atomic E-state index is 0.0353. The number of carbonyl (C=O) groups excluding carboxylic acids is 2. The number of amides is 2. The lowest BCUT2D eigenvalue weighted by Crippen LogP contribution is -2.49. The van der Waals surface area contributed by atoms with Gasteiger partial charge in [-0.2, -0.15) is 5.10 Å². The second kappa shape index (κ2) is 11.2. The van der Waals surface area contributed by atoms with Gasteiger partial charge in [0.05, 0.1) is 13.2 Å². The highest BCUT2D eigenvalue weighted by Gasteiger charge is 2.28. The molecule has 2 amide bonds. The summed E-state index contributed by atoms with van der Waals surface area (Å²) in [6, 6.07) is 10.4. The highest BCUT2D eigenvalue weighted by atomic mass is 16.5. The largest absolute Gasteiger partial charge is 0.494 e. The second-order valence-corrected chi connectivity index (χ2v) is 8.81. The van der Waals surface area contributed by atoms with E-state index in [9.17, 15) is 9.59 Å². The van der Waals surface area contributed by atoms with Crippen LogP contribution in [0.5, 0.6) is 5.75 Å². The Kier molecular flexibility index (Phi) is 7.80. The van der Waals surface area contributed by atoms with Gasteiger partial charge in [-0.05, 0) is 68.7 Å². The van der Waals surface area contributed by atoms with Crippen LogP contribution in [-0.2, 0) is 22.6 Å². The fourth-order valence-corrected chi connectivity index (χ4v) is 4.73. The number of hydrogen-bond donors (Lipinski definition) is 0. The predicted octanol–water partition coefficient (Wildman–Crippen LogP) is 3.29. The van der Waals surface area contributed by atoms with E-state index in [0.717, 1.165) is 44.4 Å². The van der Waals surface area contributed by atoms with Gasteiger partial charge < -0.3 is 14.5 Å². The molecule has 2 bridgehead atoms. The van der Waals surface area contributed by atoms with Gasteiger partial charge in [-0.15, -0.1) is 0 Å². The number of fused-ring (bicyclic) bond motifs is 3. The van der Waals surface area contributed by atoms with Gasteiger partial charge in [0.1, 0.15) is 5.75 Å². The van der Waals surface area contributed by atoms with Gasteiger partial charge >= 0.3 is 0 Å². The molecule has 2 aliphatic rings. The van der Waals surface area contributed by atoms with Crippen molar-refractivity contribution < 1.29 is 14.3 Å². The van der Waals surface area contributed by atoms with Crippen molar-refractivity contribution in [3.8, 4) is 5.75 Å². The number of benzene rings is 1. The molecule has 4 rings (SSSR count). The lowest BCUT2D eigenvalue weighted by molar-refractivity contribution is -0.143. The highest BCUT2D eigenvalue weighted by molar-refractivity contribution is 5.85. The molecule has 2 aromatic rings. The van der Waals surface area contributed by atoms with Crippen LogP contribution in [0.25, 0.3) is 0 Å². The van der Waals surface area contributed by atoms with E-state index < -0.39 is 0 Å². The Morgan fingerprint density at radius 3 is 2.94 bits per heavy atom. The first-order valence-electron chi connectivity index (χ1n) is 12.0. The Morgan fingerprint density at radius 1 is 1.12 bits per heavy atom. The zero-order chi connectivity index (χ0) is 22.2. The number of nitrogens with zero attached hydrogens (tertiary/aromatic N) is 4. The van der Waals surface area contributed by atoms with E-state index in [1.807, 2.05) is 34.0 Å². The van der Waals surface area contributed by atoms with Crippen LogP contribution < -0.4 is 4.74 Å². The number of aryl methyl sites for hydroxylation is 2. The molecular weight excluding hydrogens is 404 g/mol. The zero-order valence-electron chi connectivity index (χ0n) is 18.8. The van der Waals surface area contributed by atoms with E-state index in [-0.39, 0.29) is 24.4 Å². The van der Waals surface area contributed by atoms with Crippen LogP contribution in [0.3, 0.4) is 0 Å². The van der Waals surface area contributed by atoms with Crippen LogP contribution in [0, 0.1) is 0 Å². The van der Waals surface area contributed by atoms with Crippen LogP contribution in [0.1, 0.15) is 50.5 Å². The Balaban J connectivity index is 1.43. The Hall–Kier alpha value is -2.83. The molecule has 1 aromatic heterocycles. The summed E-state index contributed by atoms with van der Waals surface area (Å²) >= 11 is 0. The van der Waals surface area contributed by atoms with E-state index in [0.29, 0.717) is 39.0 Å². The molecule has 0 saturated carbocycles. The Labute approximate surface area is 190 Å². The molecule has 0 aliphatic carbocycles. The minimum Gasteiger partial charge on any atom is -0.494 e. The molecule has 1 fully saturated rings. The van der Waals surface area contributed by atoms with Crippen molar-refractivity contribution in [1.82, 2.24) is 19.6 Å². The summed E-state index contributed by atoms with van der Waals surface area (Å²) in [5, 5.41) is 4.19. The first-order valence-corrected chi connectivity index (χ1v) is 12.0. The maximum Gasteiger partial charge on any atom is 0.242 e. The molecule has 1 unspecified atom stereocenters. The molecule has 32 heavy (non-hydrogen) atoms. The third-order valence-electron chi connectivity index (χ3n) is 6.47. The van der Waals surface area contributed by atoms with Crippen molar-refractivity contribution in [2.45, 2.75) is 64.0 Å². The number of carbonyl (C=O) groups is 2. The van der Waals surface area contributed by atoms with E-state index >= 15 is 0 Å². The molecule has 0 spiro atoms. The van der Waals surface area contributed by atoms with Crippen molar-refractivity contribution in [3.63, 3.8) is 0 Å². The van der Waals surface area contributed by atoms with E-state index in [2.05, 4.69) is 17.2 Å². The Morgan fingerprint density at radius 2 is 2.06 bits per heavy atom. The molecule has 2 aliphatic heterocycles. The summed E-state index contributed by atoms with van der Waals surface area (Å²) in [7, 11) is 0. The normalized spacial score (nSPS) is 20.2. The molecule has 0 N–H and O–H groups in total. The molecule has 7 nitrogen and oxygen atoms in total. The number of rotatable bonds is 4. The summed E-state index contributed by atoms with van der Waals surface area (Å²) in [6.45, 7) is 2.73. The van der Waals surface area contributed by atoms with Crippen molar-refractivity contribution >= 4 is 11.8 Å². The monoisotopic (exact) mass is 438 g/mol. The summed E-state index contributed by atoms with van der Waals surface area (Å²) in [6.07, 6.45) is 10.6. The average molecular weight is 439 g/mol. The van der Waals surface area contributed by atoms with Gasteiger partial charge in [-0.25, -0.2) is 0 Å². The quantitative estimate of drug-likeness (QED) is 0.735. The smallest absolute Gasteiger partial charge is 0.242 e. The molecule has 3 heterocycles. The van der Waals surface area contributed by atoms with Gasteiger partial charge in [0.25, 0.3) is 0 Å². The number of hydrogen-bond acceptors (Lipinski definition) is 4. The van der Waals surface area contributed by atoms with E-state index in [1.165, 1.54) is 5.56 Å². The van der Waals surface area contributed by atoms with Crippen molar-refractivity contribution in [1.29, 1.82) is 0 Å². The molecular formula is C25H34N4O3. The maximum atomic E-state index is 13.3. The molecule has 1 atom stereocenters. The summed E-state index contributed by atoms with van der Waals surface area (Å²) in [4.78, 5) is 30.0. The topological polar surface area (TPSA) is 67.7 Å². The van der Waals surface area contributed by atoms with Crippen molar-refractivity contribution in [2.24, 2.45) is 0 Å². The maximum absolute atomic E-state index is 13.3. The van der Waals surface area contributed by atoms with Crippen LogP contribution in [0.4, 0.5) is 0 Å². The fourth-order valence-electron chi connectivity index (χ4n) is 4.73. The molecule has 1 aromatic carbocycles. The first-order chi connectivity index (χ1) is 15.7. The fraction of sp³-hybridized carbons (Fsp3) is 0.560. The third kappa shape index (κ3) is 6.11. The van der Waals surface area contributed by atoms with E-state index in [4.69, 9.17) is 4.74 Å². The zero-order valence-corrected chi connectivity index (χ0v) is 18.8. The summed E-state index contributed by atoms with van der Waals surface area (Å²) < 4.78 is 7.77. The van der Waals surface area contributed by atoms with Crippen LogP contribution in [0.2, 0.25) is 0 Å². The minimum atomic E-state index is 0.0353. The van der Waals surface area contributed by atoms with Gasteiger partial charge in [-0.3, -0.25) is 14.3 Å². The number of ether oxygens (including phenoxy) is 1. The predicted molar refractivity (Wildman–Crippen MR) is 122 cm³/mol. The van der Waals surface area contributed by atoms with Gasteiger partial charge in [0.15, 0.2) is 0 Å². The number of piperidine rings is 1. The first kappa shape index (κ1) is 22.4. The number of aromatic nitrogens is 2. The average Bonchev–Trinajstić information content (AvgIpc) is 3.33. The van der Waals surface area contributed by atoms with Crippen LogP contribution in [0.15, 0.2) is 42.7 Å². The van der Waals surface area contributed by atoms with Crippen molar-refractivity contribution in [2.75, 3.05) is 26.2 Å². The lowest BCUT2D eigenvalue weighted by atomic mass is 9.95. The third-order valence-corrected chi connectivity index (χ3v) is 6.47. The SMILES string of the molecule is O=C(CCCn1cccn1)N1CCCOc2cccc(c2)CCC2CCCCN2C(=O)C1. The van der Waals surface area contributed by atoms with Gasteiger partial charge in [0.2, 0.25) is 11.8 Å². The summed E-state index contributed by atoms with van der Waals surface area (Å²) in [5.41, 5.74) is 1.26. The Bertz CT molecular complexity index is 883. The van der Waals surface area contributed by atoms with Gasteiger partial charge in [0, 0.05) is 44.5 Å². The van der Waals surface area contributed by atoms with Crippen LogP contribution >= 0.6 is 0 Å². The van der Waals surface area contributed by atoms with Crippen LogP contribution in [-0.4, -0.2) is 63.7 Å². The standard InChI is InChI=1S/C25H34N4O3/c30-24(10-4-15-28-16-5-13-26-28)27-14-6-18-32-23-9-3-7-21(19-23)11-12-22-8-1-2-17-29(22)25(31)20-27/h3,5,7,9,13,16,19,22H,1-2,4,6,8,10-12,14-15,17-18,20H2. The van der Waals surface area contributed by atoms with Crippen molar-refractivity contribution in [3.05, 3.63) is 48.3 Å². The molecule has 7 heteroatoms. The molecule has 172 valence electrons. The molecule has 1 saturated heterocycles. The van der Waals surface area contributed by atoms with Gasteiger partial charge in [-0.1, -0.05) is 12.1 Å². The summed E-state index contributed by atoms with van der Waals surface area (Å²) in [5.74, 6) is 1.00.